The topological polar surface area (TPSA) is 67.9 Å². The van der Waals surface area contributed by atoms with Crippen LogP contribution in [0, 0.1) is 5.92 Å². The average Bonchev–Trinajstić information content (AvgIpc) is 3.12. The maximum absolute atomic E-state index is 12.6. The Balaban J connectivity index is 1.56. The molecule has 1 saturated heterocycles. The molecule has 0 bridgehead atoms. The zero-order valence-corrected chi connectivity index (χ0v) is 17.2. The fourth-order valence-electron chi connectivity index (χ4n) is 3.58. The van der Waals surface area contributed by atoms with E-state index in [0.717, 1.165) is 17.7 Å². The first-order chi connectivity index (χ1) is 14.0. The van der Waals surface area contributed by atoms with Crippen molar-refractivity contribution >= 4 is 17.5 Å². The van der Waals surface area contributed by atoms with Crippen LogP contribution in [-0.4, -0.2) is 44.0 Å². The quantitative estimate of drug-likeness (QED) is 0.743. The van der Waals surface area contributed by atoms with Crippen molar-refractivity contribution in [2.75, 3.05) is 32.6 Å². The van der Waals surface area contributed by atoms with Gasteiger partial charge in [-0.1, -0.05) is 25.1 Å². The van der Waals surface area contributed by atoms with Crippen molar-refractivity contribution in [1.29, 1.82) is 0 Å². The summed E-state index contributed by atoms with van der Waals surface area (Å²) in [6.45, 7) is 3.10. The molecule has 1 aliphatic rings. The van der Waals surface area contributed by atoms with Crippen LogP contribution in [0.1, 0.15) is 24.5 Å². The van der Waals surface area contributed by atoms with Gasteiger partial charge >= 0.3 is 0 Å². The number of hydrogen-bond donors (Lipinski definition) is 1. The van der Waals surface area contributed by atoms with Gasteiger partial charge in [-0.3, -0.25) is 9.59 Å². The van der Waals surface area contributed by atoms with Crippen LogP contribution in [0.15, 0.2) is 42.5 Å². The van der Waals surface area contributed by atoms with Crippen LogP contribution in [0.2, 0.25) is 0 Å². The zero-order chi connectivity index (χ0) is 20.8. The number of carbonyl (C=O) groups excluding carboxylic acids is 2. The summed E-state index contributed by atoms with van der Waals surface area (Å²) >= 11 is 0. The van der Waals surface area contributed by atoms with E-state index in [9.17, 15) is 9.59 Å². The first-order valence-electron chi connectivity index (χ1n) is 9.92. The van der Waals surface area contributed by atoms with Gasteiger partial charge in [-0.15, -0.1) is 0 Å². The summed E-state index contributed by atoms with van der Waals surface area (Å²) in [6, 6.07) is 13.6. The van der Waals surface area contributed by atoms with Crippen LogP contribution < -0.4 is 14.8 Å². The highest BCUT2D eigenvalue weighted by molar-refractivity contribution is 5.97. The van der Waals surface area contributed by atoms with E-state index in [0.29, 0.717) is 31.0 Å². The van der Waals surface area contributed by atoms with Crippen molar-refractivity contribution in [3.8, 4) is 11.5 Å². The second-order valence-electron chi connectivity index (χ2n) is 7.22. The molecule has 0 radical (unpaired) electrons. The average molecular weight is 396 g/mol. The molecular formula is C23H28N2O4. The molecule has 1 atom stereocenters. The highest BCUT2D eigenvalue weighted by atomic mass is 16.5. The van der Waals surface area contributed by atoms with Crippen LogP contribution in [0.4, 0.5) is 5.69 Å². The van der Waals surface area contributed by atoms with Crippen molar-refractivity contribution in [3.63, 3.8) is 0 Å². The minimum Gasteiger partial charge on any atom is -0.493 e. The van der Waals surface area contributed by atoms with Crippen LogP contribution in [0.5, 0.6) is 11.5 Å². The summed E-state index contributed by atoms with van der Waals surface area (Å²) in [6.07, 6.45) is 1.86. The molecule has 1 unspecified atom stereocenters. The number of rotatable bonds is 8. The SMILES string of the molecule is CCc1cccc(NC(=O)C2CC(=O)N(CCc3ccc(OC)c(OC)c3)C2)c1. The summed E-state index contributed by atoms with van der Waals surface area (Å²) in [5, 5.41) is 2.95. The molecule has 6 heteroatoms. The fourth-order valence-corrected chi connectivity index (χ4v) is 3.58. The first kappa shape index (κ1) is 20.7. The maximum atomic E-state index is 12.6. The summed E-state index contributed by atoms with van der Waals surface area (Å²) in [7, 11) is 3.20. The first-order valence-corrected chi connectivity index (χ1v) is 9.92. The third kappa shape index (κ3) is 5.08. The molecule has 1 aliphatic heterocycles. The van der Waals surface area contributed by atoms with Crippen molar-refractivity contribution in [2.45, 2.75) is 26.2 Å². The normalized spacial score (nSPS) is 16.0. The molecule has 2 amide bonds. The van der Waals surface area contributed by atoms with E-state index in [2.05, 4.69) is 12.2 Å². The van der Waals surface area contributed by atoms with Crippen LogP contribution in [0.25, 0.3) is 0 Å². The van der Waals surface area contributed by atoms with Crippen molar-refractivity contribution in [2.24, 2.45) is 5.92 Å². The molecule has 2 aromatic carbocycles. The number of carbonyl (C=O) groups is 2. The van der Waals surface area contributed by atoms with E-state index in [4.69, 9.17) is 9.47 Å². The van der Waals surface area contributed by atoms with Gasteiger partial charge in [0.25, 0.3) is 0 Å². The molecule has 0 spiro atoms. The molecule has 1 N–H and O–H groups in total. The lowest BCUT2D eigenvalue weighted by Gasteiger charge is -2.17. The van der Waals surface area contributed by atoms with Gasteiger partial charge in [0.05, 0.1) is 20.1 Å². The number of ether oxygens (including phenoxy) is 2. The largest absolute Gasteiger partial charge is 0.493 e. The van der Waals surface area contributed by atoms with Gasteiger partial charge in [-0.05, 0) is 48.2 Å². The van der Waals surface area contributed by atoms with E-state index in [-0.39, 0.29) is 24.2 Å². The Morgan fingerprint density at radius 2 is 1.90 bits per heavy atom. The highest BCUT2D eigenvalue weighted by Crippen LogP contribution is 2.28. The summed E-state index contributed by atoms with van der Waals surface area (Å²) < 4.78 is 10.6. The number of benzene rings is 2. The lowest BCUT2D eigenvalue weighted by molar-refractivity contribution is -0.128. The van der Waals surface area contributed by atoms with E-state index in [1.165, 1.54) is 5.56 Å². The molecule has 1 fully saturated rings. The minimum atomic E-state index is -0.321. The Morgan fingerprint density at radius 1 is 1.10 bits per heavy atom. The third-order valence-electron chi connectivity index (χ3n) is 5.31. The Hall–Kier alpha value is -3.02. The van der Waals surface area contributed by atoms with E-state index in [1.54, 1.807) is 19.1 Å². The smallest absolute Gasteiger partial charge is 0.229 e. The molecular weight excluding hydrogens is 368 g/mol. The van der Waals surface area contributed by atoms with Gasteiger partial charge in [-0.25, -0.2) is 0 Å². The standard InChI is InChI=1S/C23H28N2O4/c1-4-16-6-5-7-19(12-16)24-23(27)18-14-22(26)25(15-18)11-10-17-8-9-20(28-2)21(13-17)29-3/h5-9,12-13,18H,4,10-11,14-15H2,1-3H3,(H,24,27). The maximum Gasteiger partial charge on any atom is 0.229 e. The molecule has 0 aromatic heterocycles. The number of aryl methyl sites for hydroxylation is 1. The number of anilines is 1. The number of hydrogen-bond acceptors (Lipinski definition) is 4. The highest BCUT2D eigenvalue weighted by Gasteiger charge is 2.34. The predicted molar refractivity (Wildman–Crippen MR) is 112 cm³/mol. The lowest BCUT2D eigenvalue weighted by atomic mass is 10.1. The number of methoxy groups -OCH3 is 2. The summed E-state index contributed by atoms with van der Waals surface area (Å²) in [5.74, 6) is 0.952. The van der Waals surface area contributed by atoms with Crippen LogP contribution in [0.3, 0.4) is 0 Å². The van der Waals surface area contributed by atoms with Gasteiger partial charge in [0.1, 0.15) is 0 Å². The minimum absolute atomic E-state index is 0.0212. The van der Waals surface area contributed by atoms with Gasteiger partial charge in [0, 0.05) is 25.2 Å². The van der Waals surface area contributed by atoms with Crippen molar-refractivity contribution < 1.29 is 19.1 Å². The molecule has 0 aliphatic carbocycles. The predicted octanol–water partition coefficient (Wildman–Crippen LogP) is 3.30. The molecule has 3 rings (SSSR count). The van der Waals surface area contributed by atoms with Crippen molar-refractivity contribution in [3.05, 3.63) is 53.6 Å². The molecule has 154 valence electrons. The molecule has 6 nitrogen and oxygen atoms in total. The lowest BCUT2D eigenvalue weighted by Crippen LogP contribution is -2.30. The van der Waals surface area contributed by atoms with E-state index >= 15 is 0 Å². The van der Waals surface area contributed by atoms with Crippen LogP contribution >= 0.6 is 0 Å². The van der Waals surface area contributed by atoms with Crippen molar-refractivity contribution in [1.82, 2.24) is 4.90 Å². The zero-order valence-electron chi connectivity index (χ0n) is 17.2. The Morgan fingerprint density at radius 3 is 2.62 bits per heavy atom. The van der Waals surface area contributed by atoms with Crippen LogP contribution in [-0.2, 0) is 22.4 Å². The number of likely N-dealkylation sites (tertiary alicyclic amines) is 1. The third-order valence-corrected chi connectivity index (χ3v) is 5.31. The monoisotopic (exact) mass is 396 g/mol. The Labute approximate surface area is 171 Å². The fraction of sp³-hybridized carbons (Fsp3) is 0.391. The van der Waals surface area contributed by atoms with Gasteiger partial charge in [-0.2, -0.15) is 0 Å². The summed E-state index contributed by atoms with van der Waals surface area (Å²) in [4.78, 5) is 26.8. The van der Waals surface area contributed by atoms with E-state index in [1.807, 2.05) is 42.5 Å². The second kappa shape index (κ2) is 9.45. The number of amides is 2. The molecule has 1 heterocycles. The van der Waals surface area contributed by atoms with Gasteiger partial charge < -0.3 is 19.7 Å². The van der Waals surface area contributed by atoms with Gasteiger partial charge in [0.2, 0.25) is 11.8 Å². The molecule has 2 aromatic rings. The number of nitrogens with one attached hydrogen (secondary N) is 1. The number of nitrogens with zero attached hydrogens (tertiary/aromatic N) is 1. The Kier molecular flexibility index (Phi) is 6.75. The second-order valence-corrected chi connectivity index (χ2v) is 7.22. The van der Waals surface area contributed by atoms with E-state index < -0.39 is 0 Å². The Bertz CT molecular complexity index is 881. The van der Waals surface area contributed by atoms with Gasteiger partial charge in [0.15, 0.2) is 11.5 Å². The summed E-state index contributed by atoms with van der Waals surface area (Å²) in [5.41, 5.74) is 3.01. The molecule has 29 heavy (non-hydrogen) atoms. The molecule has 0 saturated carbocycles.